The summed E-state index contributed by atoms with van der Waals surface area (Å²) in [4.78, 5) is 49.9. The summed E-state index contributed by atoms with van der Waals surface area (Å²) >= 11 is 3.15. The average molecular weight is 740 g/mol. The number of rotatable bonds is 10. The zero-order chi connectivity index (χ0) is 34.9. The van der Waals surface area contributed by atoms with Crippen LogP contribution in [0.1, 0.15) is 28.4 Å². The number of aromatic nitrogens is 2. The van der Waals surface area contributed by atoms with E-state index >= 15 is 0 Å². The summed E-state index contributed by atoms with van der Waals surface area (Å²) in [5.41, 5.74) is 1.33. The Morgan fingerprint density at radius 1 is 1.11 bits per heavy atom. The minimum Gasteiger partial charge on any atom is -0.481 e. The van der Waals surface area contributed by atoms with Gasteiger partial charge in [0.1, 0.15) is 11.9 Å². The van der Waals surface area contributed by atoms with Crippen LogP contribution in [0.15, 0.2) is 46.0 Å². The van der Waals surface area contributed by atoms with E-state index in [1.54, 1.807) is 0 Å². The van der Waals surface area contributed by atoms with Crippen molar-refractivity contribution >= 4 is 62.2 Å². The van der Waals surface area contributed by atoms with E-state index in [9.17, 15) is 45.8 Å². The fourth-order valence-electron chi connectivity index (χ4n) is 3.91. The number of hydrogen-bond acceptors (Lipinski definition) is 9. The van der Waals surface area contributed by atoms with Crippen LogP contribution in [-0.2, 0) is 14.4 Å². The van der Waals surface area contributed by atoms with Gasteiger partial charge >= 0.3 is 24.7 Å². The molecular formula is C26H24BrF6N7O7. The zero-order valence-electron chi connectivity index (χ0n) is 23.5. The van der Waals surface area contributed by atoms with E-state index in [1.807, 2.05) is 0 Å². The lowest BCUT2D eigenvalue weighted by Gasteiger charge is -2.20. The summed E-state index contributed by atoms with van der Waals surface area (Å²) < 4.78 is 75.2. The van der Waals surface area contributed by atoms with Crippen molar-refractivity contribution in [2.24, 2.45) is 4.99 Å². The minimum atomic E-state index is -5.08. The lowest BCUT2D eigenvalue weighted by atomic mass is 10.0. The van der Waals surface area contributed by atoms with Gasteiger partial charge in [-0.1, -0.05) is 15.9 Å². The second kappa shape index (κ2) is 16.0. The summed E-state index contributed by atoms with van der Waals surface area (Å²) in [6.45, 7) is -3.54. The number of carboxylic acids is 2. The van der Waals surface area contributed by atoms with Gasteiger partial charge < -0.3 is 36.2 Å². The molecule has 0 saturated heterocycles. The number of anilines is 1. The van der Waals surface area contributed by atoms with Crippen LogP contribution in [0.25, 0.3) is 10.9 Å². The first-order valence-electron chi connectivity index (χ1n) is 13.0. The quantitative estimate of drug-likeness (QED) is 0.151. The highest BCUT2D eigenvalue weighted by Crippen LogP contribution is 2.28. The van der Waals surface area contributed by atoms with E-state index in [0.29, 0.717) is 27.0 Å². The molecule has 1 aliphatic rings. The Labute approximate surface area is 268 Å². The molecule has 0 aliphatic carbocycles. The lowest BCUT2D eigenvalue weighted by molar-refractivity contribution is -0.192. The molecule has 3 aromatic rings. The fraction of sp³-hybridized carbons (Fsp3) is 0.308. The Bertz CT molecular complexity index is 1650. The first-order chi connectivity index (χ1) is 22.0. The number of carboxylic acid groups (broad SMARTS) is 2. The number of carbonyl (C=O) groups is 4. The van der Waals surface area contributed by atoms with Crippen molar-refractivity contribution in [3.05, 3.63) is 52.1 Å². The number of H-pyrrole nitrogens is 1. The lowest BCUT2D eigenvalue weighted by Crippen LogP contribution is -2.41. The molecule has 254 valence electrons. The Morgan fingerprint density at radius 3 is 2.40 bits per heavy atom. The normalized spacial score (nSPS) is 15.0. The molecule has 14 nitrogen and oxygen atoms in total. The molecule has 4 rings (SSSR count). The number of amides is 2. The van der Waals surface area contributed by atoms with Crippen molar-refractivity contribution in [3.8, 4) is 5.75 Å². The number of halogens is 7. The highest BCUT2D eigenvalue weighted by Gasteiger charge is 2.38. The number of nitrogens with zero attached hydrogens (tertiary/aromatic N) is 2. The third-order valence-electron chi connectivity index (χ3n) is 5.90. The average Bonchev–Trinajstić information content (AvgIpc) is 3.45. The van der Waals surface area contributed by atoms with Gasteiger partial charge in [-0.25, -0.2) is 14.2 Å². The van der Waals surface area contributed by atoms with Crippen LogP contribution in [-0.4, -0.2) is 88.7 Å². The molecule has 7 N–H and O–H groups in total. The van der Waals surface area contributed by atoms with Gasteiger partial charge in [0.05, 0.1) is 49.5 Å². The van der Waals surface area contributed by atoms with E-state index in [4.69, 9.17) is 9.90 Å². The SMILES string of the molecule is O=C(O)C(F)(F)F.O=C(O)CC(NC(=O)CNC(=O)c1cc(NC2=NCC(F)CN2)c2cn[nH]c2c1)c1cc(Br)cc(OC(F)F)c1. The fourth-order valence-corrected chi connectivity index (χ4v) is 4.40. The number of aliphatic carboxylic acids is 2. The molecule has 2 heterocycles. The molecule has 2 amide bonds. The van der Waals surface area contributed by atoms with E-state index < -0.39 is 61.7 Å². The highest BCUT2D eigenvalue weighted by molar-refractivity contribution is 9.10. The second-order valence-electron chi connectivity index (χ2n) is 9.45. The molecular weight excluding hydrogens is 716 g/mol. The van der Waals surface area contributed by atoms with Gasteiger partial charge in [-0.2, -0.15) is 27.1 Å². The second-order valence-corrected chi connectivity index (χ2v) is 10.4. The summed E-state index contributed by atoms with van der Waals surface area (Å²) in [5.74, 6) is -5.26. The van der Waals surface area contributed by atoms with Gasteiger partial charge in [-0.15, -0.1) is 0 Å². The first-order valence-corrected chi connectivity index (χ1v) is 13.8. The molecule has 21 heteroatoms. The smallest absolute Gasteiger partial charge is 0.481 e. The van der Waals surface area contributed by atoms with Crippen molar-refractivity contribution in [2.45, 2.75) is 31.4 Å². The molecule has 0 spiro atoms. The summed E-state index contributed by atoms with van der Waals surface area (Å²) in [5, 5.41) is 34.6. The number of guanidine groups is 1. The number of fused-ring (bicyclic) bond motifs is 1. The number of hydrogen-bond donors (Lipinski definition) is 7. The van der Waals surface area contributed by atoms with Gasteiger partial charge in [-0.3, -0.25) is 19.5 Å². The number of benzene rings is 2. The van der Waals surface area contributed by atoms with Crippen molar-refractivity contribution in [1.29, 1.82) is 0 Å². The monoisotopic (exact) mass is 739 g/mol. The van der Waals surface area contributed by atoms with Gasteiger partial charge in [0, 0.05) is 15.4 Å². The number of aromatic amines is 1. The van der Waals surface area contributed by atoms with Crippen molar-refractivity contribution in [3.63, 3.8) is 0 Å². The Balaban J connectivity index is 0.000000771. The zero-order valence-corrected chi connectivity index (χ0v) is 25.1. The largest absolute Gasteiger partial charge is 0.490 e. The van der Waals surface area contributed by atoms with E-state index in [0.717, 1.165) is 0 Å². The van der Waals surface area contributed by atoms with E-state index in [-0.39, 0.29) is 30.0 Å². The van der Waals surface area contributed by atoms with Crippen molar-refractivity contribution in [2.75, 3.05) is 25.0 Å². The maximum atomic E-state index is 13.4. The van der Waals surface area contributed by atoms with Crippen molar-refractivity contribution in [1.82, 2.24) is 26.1 Å². The third-order valence-corrected chi connectivity index (χ3v) is 6.36. The van der Waals surface area contributed by atoms with Gasteiger partial charge in [0.15, 0.2) is 5.96 Å². The summed E-state index contributed by atoms with van der Waals surface area (Å²) in [6.07, 6.45) is -5.21. The first kappa shape index (κ1) is 36.4. The molecule has 2 atom stereocenters. The Morgan fingerprint density at radius 2 is 1.81 bits per heavy atom. The molecule has 0 fully saturated rings. The summed E-state index contributed by atoms with van der Waals surface area (Å²) in [7, 11) is 0. The molecule has 0 bridgehead atoms. The predicted octanol–water partition coefficient (Wildman–Crippen LogP) is 3.33. The van der Waals surface area contributed by atoms with Crippen LogP contribution in [0.5, 0.6) is 5.75 Å². The van der Waals surface area contributed by atoms with Crippen molar-refractivity contribution < 1.29 is 60.5 Å². The van der Waals surface area contributed by atoms with E-state index in [2.05, 4.69) is 57.1 Å². The number of carbonyl (C=O) groups excluding carboxylic acids is 2. The molecule has 1 aliphatic heterocycles. The van der Waals surface area contributed by atoms with Crippen LogP contribution < -0.4 is 26.0 Å². The van der Waals surface area contributed by atoms with Gasteiger partial charge in [-0.05, 0) is 35.9 Å². The molecule has 47 heavy (non-hydrogen) atoms. The van der Waals surface area contributed by atoms with Gasteiger partial charge in [0.2, 0.25) is 5.91 Å². The van der Waals surface area contributed by atoms with E-state index in [1.165, 1.54) is 36.5 Å². The number of nitrogens with one attached hydrogen (secondary N) is 5. The Kier molecular flexibility index (Phi) is 12.4. The maximum Gasteiger partial charge on any atom is 0.490 e. The number of ether oxygens (including phenoxy) is 1. The molecule has 2 aromatic carbocycles. The Hall–Kier alpha value is -5.08. The molecule has 0 radical (unpaired) electrons. The number of alkyl halides is 6. The third kappa shape index (κ3) is 11.3. The summed E-state index contributed by atoms with van der Waals surface area (Å²) in [6, 6.07) is 5.84. The molecule has 0 saturated carbocycles. The van der Waals surface area contributed by atoms with Crippen LogP contribution in [0.4, 0.5) is 32.0 Å². The van der Waals surface area contributed by atoms with Crippen LogP contribution >= 0.6 is 15.9 Å². The number of aliphatic imine (C=N–C) groups is 1. The van der Waals surface area contributed by atoms with Crippen LogP contribution in [0.2, 0.25) is 0 Å². The standard InChI is InChI=1S/C24H23BrF3N7O5.C2HF3O2/c25-13-1-11(2-15(5-13)40-23(27)28)17(6-21(37)38)33-20(36)10-29-22(39)12-3-18(16-9-32-35-19(16)4-12)34-24-30-7-14(26)8-31-24;3-2(4,5)1(6)7/h1-5,9,14,17,23H,6-8,10H2,(H,29,39)(H,32,35)(H,33,36)(H,37,38)(H2,30,31,34);(H,6,7). The predicted molar refractivity (Wildman–Crippen MR) is 155 cm³/mol. The minimum absolute atomic E-state index is 0.0114. The van der Waals surface area contributed by atoms with Crippen LogP contribution in [0, 0.1) is 0 Å². The molecule has 2 unspecified atom stereocenters. The van der Waals surface area contributed by atoms with Gasteiger partial charge in [0.25, 0.3) is 5.91 Å². The van der Waals surface area contributed by atoms with Crippen LogP contribution in [0.3, 0.4) is 0 Å². The topological polar surface area (TPSA) is 207 Å². The molecule has 1 aromatic heterocycles. The maximum absolute atomic E-state index is 13.4. The highest BCUT2D eigenvalue weighted by atomic mass is 79.9.